The fourth-order valence-electron chi connectivity index (χ4n) is 1.13. The first kappa shape index (κ1) is 10.1. The van der Waals surface area contributed by atoms with Gasteiger partial charge in [0.05, 0.1) is 19.0 Å². The van der Waals surface area contributed by atoms with Crippen molar-refractivity contribution in [1.29, 1.82) is 0 Å². The predicted molar refractivity (Wildman–Crippen MR) is 51.9 cm³/mol. The van der Waals surface area contributed by atoms with Crippen molar-refractivity contribution in [2.45, 2.75) is 19.9 Å². The Hall–Kier alpha value is -1.03. The molecule has 1 N–H and O–H groups in total. The molecule has 0 amide bonds. The quantitative estimate of drug-likeness (QED) is 0.666. The average molecular weight is 183 g/mol. The van der Waals surface area contributed by atoms with Crippen LogP contribution in [0, 0.1) is 0 Å². The Morgan fingerprint density at radius 1 is 1.62 bits per heavy atom. The SMILES string of the molecule is CCOc1cnn(CCCNC)c1. The second-order valence-corrected chi connectivity index (χ2v) is 2.83. The van der Waals surface area contributed by atoms with E-state index in [-0.39, 0.29) is 0 Å². The van der Waals surface area contributed by atoms with Gasteiger partial charge in [-0.1, -0.05) is 0 Å². The number of hydrogen-bond acceptors (Lipinski definition) is 3. The van der Waals surface area contributed by atoms with E-state index in [1.807, 2.05) is 24.9 Å². The van der Waals surface area contributed by atoms with Crippen molar-refractivity contribution in [3.05, 3.63) is 12.4 Å². The van der Waals surface area contributed by atoms with Crippen molar-refractivity contribution in [3.8, 4) is 5.75 Å². The highest BCUT2D eigenvalue weighted by atomic mass is 16.5. The van der Waals surface area contributed by atoms with E-state index < -0.39 is 0 Å². The molecule has 0 unspecified atom stereocenters. The van der Waals surface area contributed by atoms with Crippen LogP contribution in [0.1, 0.15) is 13.3 Å². The maximum atomic E-state index is 5.29. The number of rotatable bonds is 6. The van der Waals surface area contributed by atoms with E-state index in [2.05, 4.69) is 10.4 Å². The molecule has 0 radical (unpaired) electrons. The average Bonchev–Trinajstić information content (AvgIpc) is 2.54. The fraction of sp³-hybridized carbons (Fsp3) is 0.667. The van der Waals surface area contributed by atoms with Crippen LogP contribution < -0.4 is 10.1 Å². The summed E-state index contributed by atoms with van der Waals surface area (Å²) in [6, 6.07) is 0. The molecule has 74 valence electrons. The first-order chi connectivity index (χ1) is 6.36. The number of aromatic nitrogens is 2. The summed E-state index contributed by atoms with van der Waals surface area (Å²) in [7, 11) is 1.95. The van der Waals surface area contributed by atoms with Gasteiger partial charge in [0, 0.05) is 6.54 Å². The molecule has 1 heterocycles. The smallest absolute Gasteiger partial charge is 0.157 e. The van der Waals surface area contributed by atoms with Crippen LogP contribution >= 0.6 is 0 Å². The van der Waals surface area contributed by atoms with Crippen LogP contribution in [0.4, 0.5) is 0 Å². The van der Waals surface area contributed by atoms with Gasteiger partial charge in [-0.05, 0) is 26.9 Å². The Morgan fingerprint density at radius 2 is 2.46 bits per heavy atom. The van der Waals surface area contributed by atoms with Crippen molar-refractivity contribution in [3.63, 3.8) is 0 Å². The lowest BCUT2D eigenvalue weighted by Crippen LogP contribution is -2.11. The molecule has 0 aliphatic heterocycles. The number of nitrogens with one attached hydrogen (secondary N) is 1. The zero-order valence-electron chi connectivity index (χ0n) is 8.29. The molecule has 0 aliphatic rings. The van der Waals surface area contributed by atoms with Gasteiger partial charge in [0.1, 0.15) is 0 Å². The number of aryl methyl sites for hydroxylation is 1. The third kappa shape index (κ3) is 3.46. The molecule has 0 spiro atoms. The molecule has 0 atom stereocenters. The third-order valence-corrected chi connectivity index (χ3v) is 1.73. The van der Waals surface area contributed by atoms with E-state index in [0.29, 0.717) is 6.61 Å². The second kappa shape index (κ2) is 5.59. The van der Waals surface area contributed by atoms with Crippen LogP contribution in [-0.2, 0) is 6.54 Å². The van der Waals surface area contributed by atoms with Gasteiger partial charge in [0.2, 0.25) is 0 Å². The molecule has 1 aromatic rings. The number of hydrogen-bond donors (Lipinski definition) is 1. The van der Waals surface area contributed by atoms with Crippen LogP contribution in [0.15, 0.2) is 12.4 Å². The van der Waals surface area contributed by atoms with Crippen LogP contribution in [0.3, 0.4) is 0 Å². The number of ether oxygens (including phenoxy) is 1. The summed E-state index contributed by atoms with van der Waals surface area (Å²) >= 11 is 0. The van der Waals surface area contributed by atoms with Gasteiger partial charge in [-0.25, -0.2) is 0 Å². The highest BCUT2D eigenvalue weighted by Crippen LogP contribution is 2.07. The standard InChI is InChI=1S/C9H17N3O/c1-3-13-9-7-11-12(8-9)6-4-5-10-2/h7-8,10H,3-6H2,1-2H3. The van der Waals surface area contributed by atoms with Crippen molar-refractivity contribution in [1.82, 2.24) is 15.1 Å². The topological polar surface area (TPSA) is 39.1 Å². The Labute approximate surface area is 78.9 Å². The first-order valence-electron chi connectivity index (χ1n) is 4.66. The lowest BCUT2D eigenvalue weighted by atomic mass is 10.4. The van der Waals surface area contributed by atoms with E-state index in [4.69, 9.17) is 4.74 Å². The molecule has 0 aliphatic carbocycles. The van der Waals surface area contributed by atoms with E-state index in [1.54, 1.807) is 6.20 Å². The van der Waals surface area contributed by atoms with E-state index in [1.165, 1.54) is 0 Å². The van der Waals surface area contributed by atoms with Crippen molar-refractivity contribution in [2.75, 3.05) is 20.2 Å². The molecule has 1 rings (SSSR count). The van der Waals surface area contributed by atoms with Gasteiger partial charge in [-0.2, -0.15) is 5.10 Å². The van der Waals surface area contributed by atoms with Crippen LogP contribution in [0.2, 0.25) is 0 Å². The zero-order valence-corrected chi connectivity index (χ0v) is 8.29. The van der Waals surface area contributed by atoms with Crippen molar-refractivity contribution < 1.29 is 4.74 Å². The lowest BCUT2D eigenvalue weighted by Gasteiger charge is -2.00. The Kier molecular flexibility index (Phi) is 4.32. The summed E-state index contributed by atoms with van der Waals surface area (Å²) in [5.41, 5.74) is 0. The van der Waals surface area contributed by atoms with Crippen LogP contribution in [-0.4, -0.2) is 30.0 Å². The minimum atomic E-state index is 0.697. The summed E-state index contributed by atoms with van der Waals surface area (Å²) in [5, 5.41) is 7.27. The highest BCUT2D eigenvalue weighted by molar-refractivity contribution is 5.11. The minimum absolute atomic E-state index is 0.697. The Balaban J connectivity index is 2.31. The summed E-state index contributed by atoms with van der Waals surface area (Å²) in [6.07, 6.45) is 4.77. The highest BCUT2D eigenvalue weighted by Gasteiger charge is 1.97. The monoisotopic (exact) mass is 183 g/mol. The van der Waals surface area contributed by atoms with Crippen LogP contribution in [0.5, 0.6) is 5.75 Å². The molecular weight excluding hydrogens is 166 g/mol. The summed E-state index contributed by atoms with van der Waals surface area (Å²) in [6.45, 7) is 4.62. The largest absolute Gasteiger partial charge is 0.491 e. The molecule has 0 bridgehead atoms. The molecule has 4 heteroatoms. The van der Waals surface area contributed by atoms with Gasteiger partial charge in [0.15, 0.2) is 5.75 Å². The second-order valence-electron chi connectivity index (χ2n) is 2.83. The Bertz CT molecular complexity index is 235. The molecule has 4 nitrogen and oxygen atoms in total. The van der Waals surface area contributed by atoms with Gasteiger partial charge >= 0.3 is 0 Å². The van der Waals surface area contributed by atoms with E-state index >= 15 is 0 Å². The molecule has 0 saturated carbocycles. The number of nitrogens with zero attached hydrogens (tertiary/aromatic N) is 2. The minimum Gasteiger partial charge on any atom is -0.491 e. The van der Waals surface area contributed by atoms with E-state index in [9.17, 15) is 0 Å². The third-order valence-electron chi connectivity index (χ3n) is 1.73. The van der Waals surface area contributed by atoms with E-state index in [0.717, 1.165) is 25.3 Å². The zero-order chi connectivity index (χ0) is 9.52. The molecular formula is C9H17N3O. The molecule has 0 aromatic carbocycles. The maximum Gasteiger partial charge on any atom is 0.157 e. The van der Waals surface area contributed by atoms with Gasteiger partial charge in [-0.15, -0.1) is 0 Å². The molecule has 0 fully saturated rings. The van der Waals surface area contributed by atoms with Crippen molar-refractivity contribution in [2.24, 2.45) is 0 Å². The van der Waals surface area contributed by atoms with Gasteiger partial charge in [-0.3, -0.25) is 4.68 Å². The maximum absolute atomic E-state index is 5.29. The Morgan fingerprint density at radius 3 is 3.15 bits per heavy atom. The van der Waals surface area contributed by atoms with Gasteiger partial charge < -0.3 is 10.1 Å². The molecule has 0 saturated heterocycles. The first-order valence-corrected chi connectivity index (χ1v) is 4.66. The normalized spacial score (nSPS) is 10.3. The summed E-state index contributed by atoms with van der Waals surface area (Å²) in [5.74, 6) is 0.854. The van der Waals surface area contributed by atoms with Crippen molar-refractivity contribution >= 4 is 0 Å². The molecule has 13 heavy (non-hydrogen) atoms. The van der Waals surface area contributed by atoms with Gasteiger partial charge in [0.25, 0.3) is 0 Å². The lowest BCUT2D eigenvalue weighted by molar-refractivity contribution is 0.339. The van der Waals surface area contributed by atoms with Crippen LogP contribution in [0.25, 0.3) is 0 Å². The summed E-state index contributed by atoms with van der Waals surface area (Å²) < 4.78 is 7.20. The fourth-order valence-corrected chi connectivity index (χ4v) is 1.13. The predicted octanol–water partition coefficient (Wildman–Crippen LogP) is 0.891. The molecule has 1 aromatic heterocycles. The summed E-state index contributed by atoms with van der Waals surface area (Å²) in [4.78, 5) is 0.